The van der Waals surface area contributed by atoms with Gasteiger partial charge in [0.2, 0.25) is 11.9 Å². The van der Waals surface area contributed by atoms with Gasteiger partial charge < -0.3 is 21.5 Å². The van der Waals surface area contributed by atoms with Gasteiger partial charge in [-0.15, -0.1) is 0 Å². The van der Waals surface area contributed by atoms with Crippen molar-refractivity contribution >= 4 is 23.4 Å². The molecule has 1 fully saturated rings. The number of halogens is 3. The van der Waals surface area contributed by atoms with Crippen LogP contribution in [0.1, 0.15) is 18.9 Å². The lowest BCUT2D eigenvalue weighted by atomic mass is 9.88. The highest BCUT2D eigenvalue weighted by Crippen LogP contribution is 2.45. The molecule has 0 saturated heterocycles. The van der Waals surface area contributed by atoms with Gasteiger partial charge >= 0.3 is 6.18 Å². The summed E-state index contributed by atoms with van der Waals surface area (Å²) in [6.45, 7) is 1.87. The van der Waals surface area contributed by atoms with E-state index in [0.717, 1.165) is 0 Å². The predicted molar refractivity (Wildman–Crippen MR) is 105 cm³/mol. The minimum atomic E-state index is -4.68. The Morgan fingerprint density at radius 1 is 1.35 bits per heavy atom. The average Bonchev–Trinajstić information content (AvgIpc) is 3.37. The number of aliphatic hydroxyl groups is 1. The topological polar surface area (TPSA) is 131 Å². The summed E-state index contributed by atoms with van der Waals surface area (Å²) in [6.07, 6.45) is 2.86. The van der Waals surface area contributed by atoms with Gasteiger partial charge in [0, 0.05) is 18.4 Å². The van der Waals surface area contributed by atoms with Crippen LogP contribution in [-0.4, -0.2) is 42.9 Å². The Bertz CT molecular complexity index is 1000. The Morgan fingerprint density at radius 2 is 2.10 bits per heavy atom. The molecule has 4 rings (SSSR count). The third kappa shape index (κ3) is 4.33. The number of anilines is 3. The number of allylic oxidation sites excluding steroid dienone is 1. The van der Waals surface area contributed by atoms with Gasteiger partial charge in [0.15, 0.2) is 0 Å². The molecule has 166 valence electrons. The first-order chi connectivity index (χ1) is 14.6. The standard InChI is InChI=1S/C19H22F3N7O2/c1-9(30)7-29-8-12(5-25-29)26-18-24-6-13(19(20,21)22)17(28-18)27-15-11-3-2-10(4-11)14(15)16(23)31/h2-3,5-6,8-11,14-15,30H,4,7H2,1H3,(H2,23,31)(H2,24,26,27,28)/t9-,10+,11-,14-,15+/m1/s1. The van der Waals surface area contributed by atoms with Crippen LogP contribution >= 0.6 is 0 Å². The lowest BCUT2D eigenvalue weighted by molar-refractivity contribution is -0.137. The number of aromatic nitrogens is 4. The highest BCUT2D eigenvalue weighted by Gasteiger charge is 2.48. The normalized spacial score (nSPS) is 25.6. The van der Waals surface area contributed by atoms with Gasteiger partial charge in [-0.1, -0.05) is 12.2 Å². The molecule has 0 aromatic carbocycles. The van der Waals surface area contributed by atoms with Crippen LogP contribution in [0.2, 0.25) is 0 Å². The summed E-state index contributed by atoms with van der Waals surface area (Å²) in [6, 6.07) is -0.579. The molecule has 2 heterocycles. The van der Waals surface area contributed by atoms with Crippen LogP contribution in [0.25, 0.3) is 0 Å². The van der Waals surface area contributed by atoms with Crippen molar-refractivity contribution in [1.29, 1.82) is 0 Å². The summed E-state index contributed by atoms with van der Waals surface area (Å²) in [5.41, 5.74) is 4.93. The monoisotopic (exact) mass is 437 g/mol. The molecule has 1 saturated carbocycles. The minimum absolute atomic E-state index is 0.0681. The maximum atomic E-state index is 13.6. The molecule has 2 aromatic heterocycles. The lowest BCUT2D eigenvalue weighted by Gasteiger charge is -2.28. The summed E-state index contributed by atoms with van der Waals surface area (Å²) in [7, 11) is 0. The molecule has 0 radical (unpaired) electrons. The van der Waals surface area contributed by atoms with Crippen LogP contribution in [0, 0.1) is 17.8 Å². The Kier molecular flexibility index (Phi) is 5.33. The molecule has 0 spiro atoms. The molecule has 5 atom stereocenters. The number of carbonyl (C=O) groups excluding carboxylic acids is 1. The van der Waals surface area contributed by atoms with E-state index >= 15 is 0 Å². The number of nitrogens with one attached hydrogen (secondary N) is 2. The van der Waals surface area contributed by atoms with Crippen molar-refractivity contribution in [1.82, 2.24) is 19.7 Å². The Morgan fingerprint density at radius 3 is 2.77 bits per heavy atom. The molecule has 0 aliphatic heterocycles. The van der Waals surface area contributed by atoms with Crippen LogP contribution in [0.4, 0.5) is 30.6 Å². The molecular weight excluding hydrogens is 415 g/mol. The Hall–Kier alpha value is -3.15. The van der Waals surface area contributed by atoms with Crippen molar-refractivity contribution < 1.29 is 23.1 Å². The zero-order chi connectivity index (χ0) is 22.3. The van der Waals surface area contributed by atoms with E-state index in [1.54, 1.807) is 13.1 Å². The van der Waals surface area contributed by atoms with E-state index in [-0.39, 0.29) is 24.3 Å². The van der Waals surface area contributed by atoms with Gasteiger partial charge in [0.25, 0.3) is 0 Å². The summed E-state index contributed by atoms with van der Waals surface area (Å²) >= 11 is 0. The van der Waals surface area contributed by atoms with E-state index in [4.69, 9.17) is 5.73 Å². The first-order valence-corrected chi connectivity index (χ1v) is 9.78. The third-order valence-corrected chi connectivity index (χ3v) is 5.53. The van der Waals surface area contributed by atoms with E-state index in [9.17, 15) is 23.1 Å². The molecule has 2 bridgehead atoms. The van der Waals surface area contributed by atoms with Crippen molar-refractivity contribution in [2.24, 2.45) is 23.5 Å². The third-order valence-electron chi connectivity index (χ3n) is 5.53. The fourth-order valence-electron chi connectivity index (χ4n) is 4.25. The van der Waals surface area contributed by atoms with Crippen molar-refractivity contribution in [3.05, 3.63) is 36.3 Å². The van der Waals surface area contributed by atoms with E-state index in [2.05, 4.69) is 25.7 Å². The van der Waals surface area contributed by atoms with E-state index in [0.29, 0.717) is 18.3 Å². The molecule has 2 aliphatic rings. The second-order valence-electron chi connectivity index (χ2n) is 7.93. The smallest absolute Gasteiger partial charge is 0.391 e. The Labute approximate surface area is 175 Å². The molecule has 9 nitrogen and oxygen atoms in total. The molecular formula is C19H22F3N7O2. The van der Waals surface area contributed by atoms with Crippen molar-refractivity contribution in [2.75, 3.05) is 10.6 Å². The van der Waals surface area contributed by atoms with Crippen molar-refractivity contribution in [3.63, 3.8) is 0 Å². The highest BCUT2D eigenvalue weighted by molar-refractivity contribution is 5.80. The molecule has 0 unspecified atom stereocenters. The van der Waals surface area contributed by atoms with Crippen LogP contribution in [0.15, 0.2) is 30.7 Å². The predicted octanol–water partition coefficient (Wildman–Crippen LogP) is 1.90. The van der Waals surface area contributed by atoms with Gasteiger partial charge in [-0.05, 0) is 25.2 Å². The van der Waals surface area contributed by atoms with Gasteiger partial charge in [-0.3, -0.25) is 9.48 Å². The quantitative estimate of drug-likeness (QED) is 0.487. The number of nitrogens with zero attached hydrogens (tertiary/aromatic N) is 4. The van der Waals surface area contributed by atoms with Crippen molar-refractivity contribution in [2.45, 2.75) is 38.2 Å². The number of hydrogen-bond acceptors (Lipinski definition) is 7. The number of alkyl halides is 3. The molecule has 1 amide bonds. The summed E-state index contributed by atoms with van der Waals surface area (Å²) < 4.78 is 42.2. The van der Waals surface area contributed by atoms with Gasteiger partial charge in [0.1, 0.15) is 11.4 Å². The number of primary amides is 1. The molecule has 2 aromatic rings. The summed E-state index contributed by atoms with van der Waals surface area (Å²) in [4.78, 5) is 19.7. The molecule has 5 N–H and O–H groups in total. The van der Waals surface area contributed by atoms with Gasteiger partial charge in [-0.2, -0.15) is 23.3 Å². The highest BCUT2D eigenvalue weighted by atomic mass is 19.4. The van der Waals surface area contributed by atoms with Crippen LogP contribution < -0.4 is 16.4 Å². The van der Waals surface area contributed by atoms with Gasteiger partial charge in [0.05, 0.1) is 30.5 Å². The Balaban J connectivity index is 1.60. The van der Waals surface area contributed by atoms with Crippen LogP contribution in [0.5, 0.6) is 0 Å². The maximum absolute atomic E-state index is 13.6. The molecule has 12 heteroatoms. The van der Waals surface area contributed by atoms with Gasteiger partial charge in [-0.25, -0.2) is 4.98 Å². The number of aliphatic hydroxyl groups excluding tert-OH is 1. The lowest BCUT2D eigenvalue weighted by Crippen LogP contribution is -2.41. The van der Waals surface area contributed by atoms with E-state index < -0.39 is 41.5 Å². The summed E-state index contributed by atoms with van der Waals surface area (Å²) in [5.74, 6) is -1.84. The fraction of sp³-hybridized carbons (Fsp3) is 0.474. The number of carbonyl (C=O) groups is 1. The fourth-order valence-corrected chi connectivity index (χ4v) is 4.25. The first kappa shape index (κ1) is 21.1. The average molecular weight is 437 g/mol. The zero-order valence-electron chi connectivity index (χ0n) is 16.5. The minimum Gasteiger partial charge on any atom is -0.391 e. The molecule has 31 heavy (non-hydrogen) atoms. The second kappa shape index (κ2) is 7.84. The largest absolute Gasteiger partial charge is 0.421 e. The van der Waals surface area contributed by atoms with Crippen LogP contribution in [0.3, 0.4) is 0 Å². The zero-order valence-corrected chi connectivity index (χ0v) is 16.5. The maximum Gasteiger partial charge on any atom is 0.421 e. The number of rotatable bonds is 7. The van der Waals surface area contributed by atoms with E-state index in [1.165, 1.54) is 10.9 Å². The molecule has 2 aliphatic carbocycles. The number of nitrogens with two attached hydrogens (primary N) is 1. The number of amides is 1. The van der Waals surface area contributed by atoms with E-state index in [1.807, 2.05) is 12.2 Å². The van der Waals surface area contributed by atoms with Crippen molar-refractivity contribution in [3.8, 4) is 0 Å². The number of fused-ring (bicyclic) bond motifs is 2. The van der Waals surface area contributed by atoms with Crippen LogP contribution in [-0.2, 0) is 17.5 Å². The summed E-state index contributed by atoms with van der Waals surface area (Å²) in [5, 5.41) is 19.1. The SMILES string of the molecule is C[C@@H](O)Cn1cc(Nc2ncc(C(F)(F)F)c(N[C@@H]3[C@H](C(N)=O)[C@H]4C=C[C@@H]3C4)n2)cn1. The first-order valence-electron chi connectivity index (χ1n) is 9.78. The second-order valence-corrected chi connectivity index (χ2v) is 7.93. The number of hydrogen-bond donors (Lipinski definition) is 4.